The third-order valence-electron chi connectivity index (χ3n) is 3.50. The summed E-state index contributed by atoms with van der Waals surface area (Å²) in [5.74, 6) is 1.61. The van der Waals surface area contributed by atoms with Gasteiger partial charge >= 0.3 is 0 Å². The summed E-state index contributed by atoms with van der Waals surface area (Å²) in [6, 6.07) is 0. The zero-order chi connectivity index (χ0) is 11.5. The van der Waals surface area contributed by atoms with Crippen molar-refractivity contribution in [3.8, 4) is 0 Å². The maximum atomic E-state index is 5.74. The van der Waals surface area contributed by atoms with Crippen LogP contribution in [0.5, 0.6) is 0 Å². The molecule has 0 amide bonds. The Hall–Kier alpha value is -0.580. The molecule has 1 aliphatic rings. The average Bonchev–Trinajstić information content (AvgIpc) is 2.61. The van der Waals surface area contributed by atoms with Gasteiger partial charge in [0.2, 0.25) is 0 Å². The largest absolute Gasteiger partial charge is 0.361 e. The Morgan fingerprint density at radius 3 is 2.82 bits per heavy atom. The van der Waals surface area contributed by atoms with Crippen LogP contribution in [0.4, 0.5) is 0 Å². The fourth-order valence-electron chi connectivity index (χ4n) is 2.44. The molecule has 0 radical (unpaired) electrons. The van der Waals surface area contributed by atoms with Crippen molar-refractivity contribution < 1.29 is 4.52 Å². The quantitative estimate of drug-likeness (QED) is 0.901. The third kappa shape index (κ3) is 3.44. The van der Waals surface area contributed by atoms with Gasteiger partial charge in [-0.15, -0.1) is 12.4 Å². The molecule has 1 saturated heterocycles. The number of hydrogen-bond donors (Lipinski definition) is 1. The predicted octanol–water partition coefficient (Wildman–Crippen LogP) is 1.88. The van der Waals surface area contributed by atoms with E-state index >= 15 is 0 Å². The zero-order valence-electron chi connectivity index (χ0n) is 10.6. The maximum Gasteiger partial charge on any atom is 0.138 e. The summed E-state index contributed by atoms with van der Waals surface area (Å²) in [7, 11) is 0. The topological polar surface area (TPSA) is 55.3 Å². The standard InChI is InChI=1S/C12H21N3O.ClH/c1-9-12(10(2)16-14-9)8-15-5-3-4-11(6-13)7-15;/h11H,3-8,13H2,1-2H3;1H. The number of hydrogen-bond acceptors (Lipinski definition) is 4. The molecular weight excluding hydrogens is 238 g/mol. The number of halogens is 1. The van der Waals surface area contributed by atoms with Crippen molar-refractivity contribution in [2.24, 2.45) is 11.7 Å². The van der Waals surface area contributed by atoms with E-state index in [1.165, 1.54) is 24.9 Å². The molecule has 1 aliphatic heterocycles. The Bertz CT molecular complexity index is 334. The predicted molar refractivity (Wildman–Crippen MR) is 70.3 cm³/mol. The molecule has 5 heteroatoms. The third-order valence-corrected chi connectivity index (χ3v) is 3.50. The van der Waals surface area contributed by atoms with Gasteiger partial charge in [0.25, 0.3) is 0 Å². The van der Waals surface area contributed by atoms with Crippen LogP contribution in [0.15, 0.2) is 4.52 Å². The lowest BCUT2D eigenvalue weighted by molar-refractivity contribution is 0.170. The van der Waals surface area contributed by atoms with Gasteiger partial charge in [0.05, 0.1) is 5.69 Å². The first-order chi connectivity index (χ1) is 7.70. The minimum absolute atomic E-state index is 0. The van der Waals surface area contributed by atoms with Gasteiger partial charge in [-0.2, -0.15) is 0 Å². The molecule has 1 aromatic heterocycles. The van der Waals surface area contributed by atoms with Gasteiger partial charge in [-0.25, -0.2) is 0 Å². The molecule has 0 aliphatic carbocycles. The van der Waals surface area contributed by atoms with Crippen molar-refractivity contribution >= 4 is 12.4 Å². The summed E-state index contributed by atoms with van der Waals surface area (Å²) in [6.07, 6.45) is 2.53. The van der Waals surface area contributed by atoms with Crippen LogP contribution in [-0.4, -0.2) is 29.7 Å². The number of nitrogens with zero attached hydrogens (tertiary/aromatic N) is 2. The highest BCUT2D eigenvalue weighted by molar-refractivity contribution is 5.85. The van der Waals surface area contributed by atoms with Crippen molar-refractivity contribution in [2.45, 2.75) is 33.2 Å². The highest BCUT2D eigenvalue weighted by Crippen LogP contribution is 2.20. The smallest absolute Gasteiger partial charge is 0.138 e. The summed E-state index contributed by atoms with van der Waals surface area (Å²) < 4.78 is 5.19. The summed E-state index contributed by atoms with van der Waals surface area (Å²) in [6.45, 7) is 8.03. The van der Waals surface area contributed by atoms with Crippen LogP contribution in [-0.2, 0) is 6.54 Å². The van der Waals surface area contributed by atoms with E-state index in [0.29, 0.717) is 5.92 Å². The van der Waals surface area contributed by atoms with Gasteiger partial charge in [-0.3, -0.25) is 4.90 Å². The van der Waals surface area contributed by atoms with Crippen molar-refractivity contribution in [1.29, 1.82) is 0 Å². The Balaban J connectivity index is 0.00000144. The summed E-state index contributed by atoms with van der Waals surface area (Å²) in [5.41, 5.74) is 8.01. The normalized spacial score (nSPS) is 21.2. The number of rotatable bonds is 3. The van der Waals surface area contributed by atoms with Gasteiger partial charge in [-0.1, -0.05) is 5.16 Å². The van der Waals surface area contributed by atoms with Gasteiger partial charge in [0.15, 0.2) is 0 Å². The Kier molecular flexibility index (Phi) is 5.43. The lowest BCUT2D eigenvalue weighted by atomic mass is 9.98. The summed E-state index contributed by atoms with van der Waals surface area (Å²) in [5, 5.41) is 3.99. The zero-order valence-corrected chi connectivity index (χ0v) is 11.4. The van der Waals surface area contributed by atoms with E-state index in [2.05, 4.69) is 10.1 Å². The van der Waals surface area contributed by atoms with E-state index in [9.17, 15) is 0 Å². The Morgan fingerprint density at radius 2 is 2.24 bits per heavy atom. The molecule has 98 valence electrons. The van der Waals surface area contributed by atoms with E-state index in [0.717, 1.165) is 31.1 Å². The monoisotopic (exact) mass is 259 g/mol. The Labute approximate surface area is 109 Å². The number of nitrogens with two attached hydrogens (primary N) is 1. The molecule has 0 bridgehead atoms. The molecule has 1 aromatic rings. The fourth-order valence-corrected chi connectivity index (χ4v) is 2.44. The highest BCUT2D eigenvalue weighted by atomic mass is 35.5. The fraction of sp³-hybridized carbons (Fsp3) is 0.750. The number of likely N-dealkylation sites (tertiary alicyclic amines) is 1. The lowest BCUT2D eigenvalue weighted by Gasteiger charge is -2.31. The molecule has 2 rings (SSSR count). The van der Waals surface area contributed by atoms with E-state index in [4.69, 9.17) is 10.3 Å². The van der Waals surface area contributed by atoms with Crippen LogP contribution < -0.4 is 5.73 Å². The molecule has 4 nitrogen and oxygen atoms in total. The van der Waals surface area contributed by atoms with Crippen molar-refractivity contribution in [1.82, 2.24) is 10.1 Å². The summed E-state index contributed by atoms with van der Waals surface area (Å²) >= 11 is 0. The van der Waals surface area contributed by atoms with Gasteiger partial charge in [0.1, 0.15) is 5.76 Å². The first-order valence-electron chi connectivity index (χ1n) is 6.05. The molecule has 0 saturated carbocycles. The van der Waals surface area contributed by atoms with E-state index < -0.39 is 0 Å². The second-order valence-corrected chi connectivity index (χ2v) is 4.78. The SMILES string of the molecule is Cc1noc(C)c1CN1CCCC(CN)C1.Cl. The van der Waals surface area contributed by atoms with E-state index in [1.807, 2.05) is 13.8 Å². The molecule has 1 fully saturated rings. The maximum absolute atomic E-state index is 5.74. The van der Waals surface area contributed by atoms with Gasteiger partial charge < -0.3 is 10.3 Å². The second-order valence-electron chi connectivity index (χ2n) is 4.78. The van der Waals surface area contributed by atoms with Crippen LogP contribution in [0, 0.1) is 19.8 Å². The molecule has 1 atom stereocenters. The summed E-state index contributed by atoms with van der Waals surface area (Å²) in [4.78, 5) is 2.47. The van der Waals surface area contributed by atoms with Crippen LogP contribution in [0.1, 0.15) is 29.9 Å². The van der Waals surface area contributed by atoms with Crippen molar-refractivity contribution in [3.05, 3.63) is 17.0 Å². The number of aromatic nitrogens is 1. The molecule has 0 aromatic carbocycles. The van der Waals surface area contributed by atoms with Crippen molar-refractivity contribution in [2.75, 3.05) is 19.6 Å². The molecule has 0 spiro atoms. The molecule has 17 heavy (non-hydrogen) atoms. The van der Waals surface area contributed by atoms with Crippen molar-refractivity contribution in [3.63, 3.8) is 0 Å². The molecule has 2 N–H and O–H groups in total. The highest BCUT2D eigenvalue weighted by Gasteiger charge is 2.21. The number of aryl methyl sites for hydroxylation is 2. The minimum Gasteiger partial charge on any atom is -0.361 e. The van der Waals surface area contributed by atoms with Gasteiger partial charge in [0, 0.05) is 18.7 Å². The van der Waals surface area contributed by atoms with Crippen LogP contribution in [0.2, 0.25) is 0 Å². The minimum atomic E-state index is 0. The van der Waals surface area contributed by atoms with Crippen LogP contribution >= 0.6 is 12.4 Å². The lowest BCUT2D eigenvalue weighted by Crippen LogP contribution is -2.38. The molecule has 1 unspecified atom stereocenters. The first-order valence-corrected chi connectivity index (χ1v) is 6.05. The van der Waals surface area contributed by atoms with E-state index in [-0.39, 0.29) is 12.4 Å². The second kappa shape index (κ2) is 6.38. The first kappa shape index (κ1) is 14.5. The van der Waals surface area contributed by atoms with Gasteiger partial charge in [-0.05, 0) is 45.7 Å². The molecular formula is C12H22ClN3O. The molecule has 2 heterocycles. The average molecular weight is 260 g/mol. The van der Waals surface area contributed by atoms with Crippen LogP contribution in [0.3, 0.4) is 0 Å². The van der Waals surface area contributed by atoms with E-state index in [1.54, 1.807) is 0 Å². The number of piperidine rings is 1. The van der Waals surface area contributed by atoms with Crippen LogP contribution in [0.25, 0.3) is 0 Å². The Morgan fingerprint density at radius 1 is 1.47 bits per heavy atom.